The van der Waals surface area contributed by atoms with Crippen molar-refractivity contribution in [3.05, 3.63) is 69.8 Å². The summed E-state index contributed by atoms with van der Waals surface area (Å²) < 4.78 is 0. The van der Waals surface area contributed by atoms with E-state index in [2.05, 4.69) is 34.6 Å². The zero-order valence-electron chi connectivity index (χ0n) is 27.9. The number of allylic oxidation sites excluding steroid dienone is 3. The number of benzene rings is 2. The minimum Gasteiger partial charge on any atom is -0.507 e. The molecule has 0 radical (unpaired) electrons. The molecule has 4 unspecified atom stereocenters. The van der Waals surface area contributed by atoms with Gasteiger partial charge in [-0.2, -0.15) is 0 Å². The third-order valence-electron chi connectivity index (χ3n) is 9.46. The molecule has 0 saturated heterocycles. The fourth-order valence-electron chi connectivity index (χ4n) is 6.99. The summed E-state index contributed by atoms with van der Waals surface area (Å²) in [7, 11) is 0. The summed E-state index contributed by atoms with van der Waals surface area (Å²) in [6.07, 6.45) is 8.88. The Morgan fingerprint density at radius 1 is 0.756 bits per heavy atom. The summed E-state index contributed by atoms with van der Waals surface area (Å²) in [5.41, 5.74) is 3.94. The van der Waals surface area contributed by atoms with Gasteiger partial charge in [0.1, 0.15) is 23.0 Å². The van der Waals surface area contributed by atoms with Gasteiger partial charge in [0.05, 0.1) is 0 Å². The van der Waals surface area contributed by atoms with E-state index in [4.69, 9.17) is 0 Å². The van der Waals surface area contributed by atoms with E-state index in [9.17, 15) is 35.1 Å². The number of rotatable bonds is 9. The predicted molar refractivity (Wildman–Crippen MR) is 178 cm³/mol. The van der Waals surface area contributed by atoms with Gasteiger partial charge >= 0.3 is 5.97 Å². The molecule has 2 aromatic carbocycles. The average Bonchev–Trinajstić information content (AvgIpc) is 2.94. The number of aliphatic carboxylic acids is 1. The van der Waals surface area contributed by atoms with Crippen molar-refractivity contribution in [3.8, 4) is 23.0 Å². The number of phenolic OH excluding ortho intramolecular Hbond substituents is 4. The van der Waals surface area contributed by atoms with Gasteiger partial charge in [-0.05, 0) is 97.2 Å². The lowest BCUT2D eigenvalue weighted by Gasteiger charge is -2.33. The highest BCUT2D eigenvalue weighted by Gasteiger charge is 2.35. The number of carbonyl (C=O) groups excluding carboxylic acids is 1. The maximum absolute atomic E-state index is 12.0. The molecule has 7 heteroatoms. The Bertz CT molecular complexity index is 1390. The fourth-order valence-corrected chi connectivity index (χ4v) is 6.99. The Morgan fingerprint density at radius 2 is 1.18 bits per heavy atom. The van der Waals surface area contributed by atoms with Crippen LogP contribution in [0.3, 0.4) is 0 Å². The second-order valence-electron chi connectivity index (χ2n) is 13.5. The molecule has 2 aliphatic rings. The van der Waals surface area contributed by atoms with E-state index < -0.39 is 5.97 Å². The zero-order valence-corrected chi connectivity index (χ0v) is 27.9. The van der Waals surface area contributed by atoms with Gasteiger partial charge in [-0.25, -0.2) is 4.79 Å². The number of ketones is 1. The molecule has 0 amide bonds. The Hall–Kier alpha value is -3.74. The van der Waals surface area contributed by atoms with E-state index in [-0.39, 0.29) is 52.5 Å². The number of phenols is 4. The van der Waals surface area contributed by atoms with Crippen LogP contribution in [0.5, 0.6) is 23.0 Å². The largest absolute Gasteiger partial charge is 0.507 e. The highest BCUT2D eigenvalue weighted by molar-refractivity contribution is 5.96. The van der Waals surface area contributed by atoms with Crippen LogP contribution in [0, 0.1) is 23.7 Å². The van der Waals surface area contributed by atoms with Gasteiger partial charge in [0.25, 0.3) is 0 Å². The normalized spacial score (nSPS) is 21.7. The fraction of sp³-hybridized carbons (Fsp3) is 0.526. The lowest BCUT2D eigenvalue weighted by atomic mass is 9.71. The molecule has 4 rings (SSSR count). The molecule has 4 atom stereocenters. The van der Waals surface area contributed by atoms with Crippen molar-refractivity contribution in [3.63, 3.8) is 0 Å². The van der Waals surface area contributed by atoms with Crippen LogP contribution in [-0.2, 0) is 22.4 Å². The van der Waals surface area contributed by atoms with Crippen molar-refractivity contribution in [2.24, 2.45) is 23.7 Å². The van der Waals surface area contributed by atoms with E-state index in [0.29, 0.717) is 41.4 Å². The highest BCUT2D eigenvalue weighted by Crippen LogP contribution is 2.48. The van der Waals surface area contributed by atoms with E-state index in [1.807, 2.05) is 19.9 Å². The van der Waals surface area contributed by atoms with Crippen LogP contribution >= 0.6 is 0 Å². The van der Waals surface area contributed by atoms with Crippen LogP contribution in [0.1, 0.15) is 115 Å². The lowest BCUT2D eigenvalue weighted by Crippen LogP contribution is -2.26. The first kappa shape index (κ1) is 35.7. The van der Waals surface area contributed by atoms with Crippen LogP contribution in [0.4, 0.5) is 0 Å². The predicted octanol–water partition coefficient (Wildman–Crippen LogP) is 8.54. The topological polar surface area (TPSA) is 135 Å². The number of hydrogen-bond donors (Lipinski definition) is 5. The Kier molecular flexibility index (Phi) is 12.3. The van der Waals surface area contributed by atoms with Gasteiger partial charge in [0.15, 0.2) is 5.78 Å². The third-order valence-corrected chi connectivity index (χ3v) is 9.46. The van der Waals surface area contributed by atoms with Gasteiger partial charge in [-0.1, -0.05) is 66.5 Å². The number of aromatic hydroxyl groups is 4. The quantitative estimate of drug-likeness (QED) is 0.190. The first-order valence-corrected chi connectivity index (χ1v) is 16.4. The summed E-state index contributed by atoms with van der Waals surface area (Å²) in [6, 6.07) is 6.88. The second kappa shape index (κ2) is 15.5. The molecule has 2 aromatic rings. The van der Waals surface area contributed by atoms with Crippen LogP contribution in [-0.4, -0.2) is 37.3 Å². The van der Waals surface area contributed by atoms with E-state index >= 15 is 0 Å². The smallest absolute Gasteiger partial charge is 0.331 e. The van der Waals surface area contributed by atoms with Crippen molar-refractivity contribution in [2.75, 3.05) is 0 Å². The van der Waals surface area contributed by atoms with Gasteiger partial charge in [-0.15, -0.1) is 0 Å². The van der Waals surface area contributed by atoms with Crippen molar-refractivity contribution >= 4 is 11.8 Å². The molecule has 0 bridgehead atoms. The molecule has 0 spiro atoms. The number of carboxylic acids is 1. The van der Waals surface area contributed by atoms with Crippen molar-refractivity contribution in [1.29, 1.82) is 0 Å². The molecule has 5 N–H and O–H groups in total. The molecule has 0 aliphatic heterocycles. The average molecular weight is 621 g/mol. The van der Waals surface area contributed by atoms with Crippen LogP contribution < -0.4 is 0 Å². The molecule has 2 aliphatic carbocycles. The number of aryl methyl sites for hydroxylation is 2. The number of hydrogen-bond acceptors (Lipinski definition) is 6. The van der Waals surface area contributed by atoms with Gasteiger partial charge in [0.2, 0.25) is 0 Å². The van der Waals surface area contributed by atoms with Gasteiger partial charge < -0.3 is 25.5 Å². The molecular formula is C38H52O7. The van der Waals surface area contributed by atoms with Crippen LogP contribution in [0.25, 0.3) is 0 Å². The molecule has 0 saturated carbocycles. The van der Waals surface area contributed by atoms with E-state index in [1.54, 1.807) is 30.3 Å². The minimum absolute atomic E-state index is 0.0620. The maximum atomic E-state index is 12.0. The molecular weight excluding hydrogens is 568 g/mol. The minimum atomic E-state index is -0.918. The molecule has 246 valence electrons. The van der Waals surface area contributed by atoms with E-state index in [1.165, 1.54) is 0 Å². The van der Waals surface area contributed by atoms with Gasteiger partial charge in [0, 0.05) is 35.0 Å². The lowest BCUT2D eigenvalue weighted by molar-refractivity contribution is -0.133. The monoisotopic (exact) mass is 620 g/mol. The van der Waals surface area contributed by atoms with Crippen molar-refractivity contribution < 1.29 is 35.1 Å². The zero-order chi connectivity index (χ0) is 33.6. The second-order valence-corrected chi connectivity index (χ2v) is 13.5. The molecule has 0 fully saturated rings. The SMILES string of the molecule is CCCc1cc(O)c(C2C=C(C(=O)O)CCC2C(C)C)c(O)c1.CCCc1cc(O)c(C2C=C(C)C(=O)CC2C(C)C)c(O)c1. The first-order chi connectivity index (χ1) is 21.2. The summed E-state index contributed by atoms with van der Waals surface area (Å²) in [5, 5.41) is 51.0. The Labute approximate surface area is 268 Å². The summed E-state index contributed by atoms with van der Waals surface area (Å²) in [6.45, 7) is 14.3. The van der Waals surface area contributed by atoms with Crippen molar-refractivity contribution in [2.45, 2.75) is 105 Å². The molecule has 45 heavy (non-hydrogen) atoms. The maximum Gasteiger partial charge on any atom is 0.331 e. The summed E-state index contributed by atoms with van der Waals surface area (Å²) >= 11 is 0. The Morgan fingerprint density at radius 3 is 1.56 bits per heavy atom. The molecule has 0 aromatic heterocycles. The van der Waals surface area contributed by atoms with Gasteiger partial charge in [-0.3, -0.25) is 4.79 Å². The number of carboxylic acid groups (broad SMARTS) is 1. The molecule has 7 nitrogen and oxygen atoms in total. The number of carbonyl (C=O) groups is 2. The standard InChI is InChI=1S/C19H26O4.C19H26O3/c1-4-5-12-8-16(20)18(17(21)9-12)15-10-13(19(22)23)6-7-14(15)11(2)3;1-5-6-13-8-17(21)19(18(22)9-13)15-7-12(4)16(20)10-14(15)11(2)3/h8-11,14-15,20-21H,4-7H2,1-3H3,(H,22,23);7-9,11,14-15,21-22H,5-6,10H2,1-4H3. The molecule has 0 heterocycles. The Balaban J connectivity index is 0.000000246. The highest BCUT2D eigenvalue weighted by atomic mass is 16.4. The third kappa shape index (κ3) is 8.50. The van der Waals surface area contributed by atoms with Crippen molar-refractivity contribution in [1.82, 2.24) is 0 Å². The number of Topliss-reactive ketones (excluding diaryl/α,β-unsaturated/α-hetero) is 1. The van der Waals surface area contributed by atoms with Crippen LogP contribution in [0.15, 0.2) is 47.6 Å². The van der Waals surface area contributed by atoms with E-state index in [0.717, 1.165) is 48.8 Å². The summed E-state index contributed by atoms with van der Waals surface area (Å²) in [5.74, 6) is 0.188. The summed E-state index contributed by atoms with van der Waals surface area (Å²) in [4.78, 5) is 23.3. The van der Waals surface area contributed by atoms with Crippen LogP contribution in [0.2, 0.25) is 0 Å². The first-order valence-electron chi connectivity index (χ1n) is 16.4.